The second-order valence-corrected chi connectivity index (χ2v) is 3.53. The molecule has 80 valence electrons. The summed E-state index contributed by atoms with van der Waals surface area (Å²) in [5.74, 6) is 0.790. The van der Waals surface area contributed by atoms with E-state index in [-0.39, 0.29) is 12.6 Å². The van der Waals surface area contributed by atoms with Gasteiger partial charge in [0.1, 0.15) is 11.9 Å². The quantitative estimate of drug-likeness (QED) is 0.801. The lowest BCUT2D eigenvalue weighted by atomic mass is 10.2. The maximum atomic E-state index is 8.93. The molecule has 15 heavy (non-hydrogen) atoms. The van der Waals surface area contributed by atoms with Gasteiger partial charge in [0.25, 0.3) is 0 Å². The van der Waals surface area contributed by atoms with E-state index in [1.54, 1.807) is 18.3 Å². The highest BCUT2D eigenvalue weighted by Gasteiger charge is 2.10. The zero-order valence-corrected chi connectivity index (χ0v) is 9.01. The maximum absolute atomic E-state index is 8.93. The number of hydrogen-bond acceptors (Lipinski definition) is 4. The van der Waals surface area contributed by atoms with E-state index in [4.69, 9.17) is 10.4 Å². The van der Waals surface area contributed by atoms with E-state index in [2.05, 4.69) is 4.98 Å². The number of aliphatic hydroxyl groups is 1. The minimum Gasteiger partial charge on any atom is -0.395 e. The summed E-state index contributed by atoms with van der Waals surface area (Å²) in [5.41, 5.74) is 0.548. The van der Waals surface area contributed by atoms with E-state index >= 15 is 0 Å². The molecule has 0 saturated carbocycles. The summed E-state index contributed by atoms with van der Waals surface area (Å²) in [5, 5.41) is 17.6. The molecule has 1 rings (SSSR count). The van der Waals surface area contributed by atoms with E-state index in [0.717, 1.165) is 5.82 Å². The Hall–Kier alpha value is -1.60. The fourth-order valence-corrected chi connectivity index (χ4v) is 1.37. The number of nitrogens with zero attached hydrogens (tertiary/aromatic N) is 3. The number of aromatic nitrogens is 1. The largest absolute Gasteiger partial charge is 0.395 e. The number of nitriles is 1. The van der Waals surface area contributed by atoms with Gasteiger partial charge in [0, 0.05) is 18.8 Å². The number of hydrogen-bond donors (Lipinski definition) is 1. The molecule has 0 atom stereocenters. The third kappa shape index (κ3) is 2.93. The molecule has 0 saturated heterocycles. The van der Waals surface area contributed by atoms with Crippen molar-refractivity contribution >= 4 is 5.82 Å². The molecule has 0 aromatic carbocycles. The SMILES string of the molecule is CC(C)N(CCO)c1ccc(C#N)cn1. The highest BCUT2D eigenvalue weighted by atomic mass is 16.3. The summed E-state index contributed by atoms with van der Waals surface area (Å²) < 4.78 is 0. The molecular weight excluding hydrogens is 190 g/mol. The predicted octanol–water partition coefficient (Wildman–Crippen LogP) is 1.16. The molecule has 0 fully saturated rings. The summed E-state index contributed by atoms with van der Waals surface area (Å²) in [6, 6.07) is 5.83. The Balaban J connectivity index is 2.87. The van der Waals surface area contributed by atoms with Crippen molar-refractivity contribution in [3.63, 3.8) is 0 Å². The summed E-state index contributed by atoms with van der Waals surface area (Å²) in [7, 11) is 0. The van der Waals surface area contributed by atoms with Gasteiger partial charge in [0.2, 0.25) is 0 Å². The van der Waals surface area contributed by atoms with Crippen LogP contribution in [0, 0.1) is 11.3 Å². The zero-order valence-electron chi connectivity index (χ0n) is 9.01. The molecule has 1 heterocycles. The van der Waals surface area contributed by atoms with E-state index in [1.165, 1.54) is 0 Å². The second-order valence-electron chi connectivity index (χ2n) is 3.53. The van der Waals surface area contributed by atoms with Gasteiger partial charge in [-0.25, -0.2) is 4.98 Å². The standard InChI is InChI=1S/C11H15N3O/c1-9(2)14(5-6-15)11-4-3-10(7-12)8-13-11/h3-4,8-9,15H,5-6H2,1-2H3. The Bertz CT molecular complexity index is 340. The summed E-state index contributed by atoms with van der Waals surface area (Å²) in [4.78, 5) is 6.17. The minimum absolute atomic E-state index is 0.0971. The van der Waals surface area contributed by atoms with Crippen LogP contribution in [0.3, 0.4) is 0 Å². The Morgan fingerprint density at radius 2 is 2.27 bits per heavy atom. The van der Waals surface area contributed by atoms with Gasteiger partial charge in [-0.1, -0.05) is 0 Å². The molecule has 0 unspecified atom stereocenters. The summed E-state index contributed by atoms with van der Waals surface area (Å²) >= 11 is 0. The Kier molecular flexibility index (Phi) is 4.07. The van der Waals surface area contributed by atoms with Crippen LogP contribution in [0.4, 0.5) is 5.82 Å². The number of rotatable bonds is 4. The Morgan fingerprint density at radius 1 is 1.53 bits per heavy atom. The first-order valence-corrected chi connectivity index (χ1v) is 4.92. The topological polar surface area (TPSA) is 60.1 Å². The average molecular weight is 205 g/mol. The highest BCUT2D eigenvalue weighted by molar-refractivity contribution is 5.42. The second kappa shape index (κ2) is 5.32. The molecule has 0 aliphatic carbocycles. The molecule has 1 aromatic rings. The van der Waals surface area contributed by atoms with Crippen molar-refractivity contribution in [1.82, 2.24) is 4.98 Å². The van der Waals surface area contributed by atoms with E-state index < -0.39 is 0 Å². The lowest BCUT2D eigenvalue weighted by Gasteiger charge is -2.26. The lowest BCUT2D eigenvalue weighted by molar-refractivity contribution is 0.298. The van der Waals surface area contributed by atoms with Crippen LogP contribution in [0.5, 0.6) is 0 Å². The molecule has 0 aliphatic rings. The van der Waals surface area contributed by atoms with E-state index in [1.807, 2.05) is 24.8 Å². The molecule has 1 aromatic heterocycles. The number of pyridine rings is 1. The predicted molar refractivity (Wildman–Crippen MR) is 58.5 cm³/mol. The van der Waals surface area contributed by atoms with Crippen LogP contribution in [0.2, 0.25) is 0 Å². The van der Waals surface area contributed by atoms with Crippen LogP contribution in [-0.2, 0) is 0 Å². The van der Waals surface area contributed by atoms with Gasteiger partial charge in [-0.15, -0.1) is 0 Å². The third-order valence-corrected chi connectivity index (χ3v) is 2.14. The van der Waals surface area contributed by atoms with Gasteiger partial charge in [-0.2, -0.15) is 5.26 Å². The van der Waals surface area contributed by atoms with Crippen molar-refractivity contribution in [2.24, 2.45) is 0 Å². The smallest absolute Gasteiger partial charge is 0.128 e. The van der Waals surface area contributed by atoms with Crippen molar-refractivity contribution in [3.8, 4) is 6.07 Å². The summed E-state index contributed by atoms with van der Waals surface area (Å²) in [6.45, 7) is 4.72. The molecule has 4 heteroatoms. The van der Waals surface area contributed by atoms with Gasteiger partial charge >= 0.3 is 0 Å². The fraction of sp³-hybridized carbons (Fsp3) is 0.455. The number of anilines is 1. The molecule has 0 aliphatic heterocycles. The number of aliphatic hydroxyl groups excluding tert-OH is 1. The lowest BCUT2D eigenvalue weighted by Crippen LogP contribution is -2.34. The first kappa shape index (κ1) is 11.5. The van der Waals surface area contributed by atoms with Gasteiger partial charge in [-0.05, 0) is 26.0 Å². The highest BCUT2D eigenvalue weighted by Crippen LogP contribution is 2.13. The summed E-state index contributed by atoms with van der Waals surface area (Å²) in [6.07, 6.45) is 1.54. The zero-order chi connectivity index (χ0) is 11.3. The first-order chi connectivity index (χ1) is 7.19. The average Bonchev–Trinajstić information content (AvgIpc) is 2.26. The van der Waals surface area contributed by atoms with E-state index in [0.29, 0.717) is 12.1 Å². The monoisotopic (exact) mass is 205 g/mol. The first-order valence-electron chi connectivity index (χ1n) is 4.92. The van der Waals surface area contributed by atoms with Gasteiger partial charge in [0.05, 0.1) is 12.2 Å². The van der Waals surface area contributed by atoms with Crippen molar-refractivity contribution < 1.29 is 5.11 Å². The molecule has 0 bridgehead atoms. The Morgan fingerprint density at radius 3 is 2.67 bits per heavy atom. The van der Waals surface area contributed by atoms with Crippen LogP contribution in [0.15, 0.2) is 18.3 Å². The van der Waals surface area contributed by atoms with Crippen LogP contribution in [0.25, 0.3) is 0 Å². The molecule has 1 N–H and O–H groups in total. The molecule has 0 spiro atoms. The van der Waals surface area contributed by atoms with Crippen molar-refractivity contribution in [3.05, 3.63) is 23.9 Å². The van der Waals surface area contributed by atoms with Crippen LogP contribution in [-0.4, -0.2) is 29.3 Å². The third-order valence-electron chi connectivity index (χ3n) is 2.14. The molecule has 0 radical (unpaired) electrons. The van der Waals surface area contributed by atoms with Gasteiger partial charge in [-0.3, -0.25) is 0 Å². The normalized spacial score (nSPS) is 10.1. The van der Waals surface area contributed by atoms with Crippen molar-refractivity contribution in [1.29, 1.82) is 5.26 Å². The van der Waals surface area contributed by atoms with Crippen LogP contribution in [0.1, 0.15) is 19.4 Å². The van der Waals surface area contributed by atoms with Crippen molar-refractivity contribution in [2.75, 3.05) is 18.1 Å². The van der Waals surface area contributed by atoms with Gasteiger partial charge in [0.15, 0.2) is 0 Å². The van der Waals surface area contributed by atoms with Crippen molar-refractivity contribution in [2.45, 2.75) is 19.9 Å². The van der Waals surface area contributed by atoms with Gasteiger partial charge < -0.3 is 10.0 Å². The molecular formula is C11H15N3O. The van der Waals surface area contributed by atoms with Crippen LogP contribution >= 0.6 is 0 Å². The molecule has 4 nitrogen and oxygen atoms in total. The fourth-order valence-electron chi connectivity index (χ4n) is 1.37. The Labute approximate surface area is 89.8 Å². The molecule has 0 amide bonds. The minimum atomic E-state index is 0.0971. The van der Waals surface area contributed by atoms with E-state index in [9.17, 15) is 0 Å². The maximum Gasteiger partial charge on any atom is 0.128 e. The van der Waals surface area contributed by atoms with Crippen LogP contribution < -0.4 is 4.90 Å².